The predicted octanol–water partition coefficient (Wildman–Crippen LogP) is 0.823. The molecule has 7 nitrogen and oxygen atoms in total. The minimum Gasteiger partial charge on any atom is -0.396 e. The monoisotopic (exact) mass is 368 g/mol. The number of amides is 1. The van der Waals surface area contributed by atoms with Crippen LogP contribution in [0.1, 0.15) is 40.8 Å². The van der Waals surface area contributed by atoms with Gasteiger partial charge in [0.25, 0.3) is 5.91 Å². The number of β-amino-alcohol motifs (C(OH)–C–C–N with tert-alkyl or cyclic N) is 1. The second-order valence-electron chi connectivity index (χ2n) is 8.04. The van der Waals surface area contributed by atoms with Gasteiger partial charge in [0.05, 0.1) is 6.10 Å². The number of likely N-dealkylation sites (tertiary alicyclic amines) is 1. The first-order valence-corrected chi connectivity index (χ1v) is 9.72. The zero-order valence-electron chi connectivity index (χ0n) is 15.2. The van der Waals surface area contributed by atoms with Gasteiger partial charge in [-0.3, -0.25) is 4.79 Å². The molecule has 1 aromatic carbocycles. The van der Waals surface area contributed by atoms with Crippen LogP contribution < -0.4 is 0 Å². The van der Waals surface area contributed by atoms with Crippen LogP contribution in [0.15, 0.2) is 30.3 Å². The summed E-state index contributed by atoms with van der Waals surface area (Å²) in [5.74, 6) is 1.14. The van der Waals surface area contributed by atoms with Gasteiger partial charge in [0.15, 0.2) is 0 Å². The molecule has 2 aromatic rings. The van der Waals surface area contributed by atoms with E-state index in [0.717, 1.165) is 37.2 Å². The summed E-state index contributed by atoms with van der Waals surface area (Å²) in [7, 11) is 0. The lowest BCUT2D eigenvalue weighted by Crippen LogP contribution is -2.32. The van der Waals surface area contributed by atoms with E-state index in [1.165, 1.54) is 0 Å². The topological polar surface area (TPSA) is 91.5 Å². The maximum Gasteiger partial charge on any atom is 0.291 e. The third-order valence-electron chi connectivity index (χ3n) is 6.73. The largest absolute Gasteiger partial charge is 0.396 e. The van der Waals surface area contributed by atoms with Gasteiger partial charge in [-0.25, -0.2) is 0 Å². The van der Waals surface area contributed by atoms with Crippen molar-refractivity contribution in [3.05, 3.63) is 47.5 Å². The van der Waals surface area contributed by atoms with Crippen molar-refractivity contribution in [2.75, 3.05) is 19.7 Å². The van der Waals surface area contributed by atoms with Gasteiger partial charge in [-0.1, -0.05) is 30.3 Å². The molecule has 2 aliphatic heterocycles. The number of aliphatic hydroxyl groups excluding tert-OH is 2. The Kier molecular flexibility index (Phi) is 3.84. The summed E-state index contributed by atoms with van der Waals surface area (Å²) >= 11 is 0. The fourth-order valence-electron chi connectivity index (χ4n) is 5.33. The molecule has 0 bridgehead atoms. The zero-order chi connectivity index (χ0) is 18.6. The van der Waals surface area contributed by atoms with Crippen LogP contribution in [0.2, 0.25) is 0 Å². The summed E-state index contributed by atoms with van der Waals surface area (Å²) in [6, 6.07) is 9.98. The van der Waals surface area contributed by atoms with Crippen LogP contribution in [0.5, 0.6) is 0 Å². The summed E-state index contributed by atoms with van der Waals surface area (Å²) in [5.41, 5.74) is 0.654. The van der Waals surface area contributed by atoms with Crippen LogP contribution >= 0.6 is 0 Å². The number of rotatable bonds is 3. The first-order valence-electron chi connectivity index (χ1n) is 9.72. The van der Waals surface area contributed by atoms with E-state index < -0.39 is 11.5 Å². The number of nitrogens with zero attached hydrogens (tertiary/aromatic N) is 4. The van der Waals surface area contributed by atoms with Crippen LogP contribution in [-0.4, -0.2) is 61.6 Å². The summed E-state index contributed by atoms with van der Waals surface area (Å²) in [5, 5.41) is 29.1. The van der Waals surface area contributed by atoms with Gasteiger partial charge in [0.1, 0.15) is 5.82 Å². The van der Waals surface area contributed by atoms with E-state index in [-0.39, 0.29) is 30.9 Å². The number of carbonyl (C=O) groups is 1. The Bertz CT molecular complexity index is 867. The van der Waals surface area contributed by atoms with Gasteiger partial charge in [-0.05, 0) is 30.2 Å². The number of aromatic nitrogens is 3. The molecule has 27 heavy (non-hydrogen) atoms. The highest BCUT2D eigenvalue weighted by molar-refractivity contribution is 5.91. The summed E-state index contributed by atoms with van der Waals surface area (Å²) in [6.07, 6.45) is 2.32. The van der Waals surface area contributed by atoms with Crippen molar-refractivity contribution in [2.24, 2.45) is 11.3 Å². The van der Waals surface area contributed by atoms with E-state index in [4.69, 9.17) is 0 Å². The third kappa shape index (κ3) is 2.38. The van der Waals surface area contributed by atoms with Crippen molar-refractivity contribution in [3.8, 4) is 0 Å². The van der Waals surface area contributed by atoms with Crippen molar-refractivity contribution >= 4 is 5.91 Å². The van der Waals surface area contributed by atoms with Crippen molar-refractivity contribution in [1.29, 1.82) is 0 Å². The van der Waals surface area contributed by atoms with Crippen LogP contribution in [0.25, 0.3) is 0 Å². The van der Waals surface area contributed by atoms with E-state index in [9.17, 15) is 15.0 Å². The van der Waals surface area contributed by atoms with E-state index in [2.05, 4.69) is 10.2 Å². The first-order chi connectivity index (χ1) is 13.2. The van der Waals surface area contributed by atoms with Crippen LogP contribution in [-0.2, 0) is 13.0 Å². The molecule has 1 amide bonds. The van der Waals surface area contributed by atoms with Crippen LogP contribution in [0, 0.1) is 11.3 Å². The molecule has 142 valence electrons. The van der Waals surface area contributed by atoms with Gasteiger partial charge in [-0.2, -0.15) is 0 Å². The minimum atomic E-state index is -0.646. The van der Waals surface area contributed by atoms with E-state index in [1.807, 2.05) is 34.9 Å². The molecule has 0 unspecified atom stereocenters. The molecular weight excluding hydrogens is 344 g/mol. The van der Waals surface area contributed by atoms with Gasteiger partial charge in [0, 0.05) is 38.1 Å². The van der Waals surface area contributed by atoms with Crippen molar-refractivity contribution in [2.45, 2.75) is 37.8 Å². The predicted molar refractivity (Wildman–Crippen MR) is 97.1 cm³/mol. The first kappa shape index (κ1) is 16.9. The standard InChI is InChI=1S/C20H24N4O3/c25-11-14-17(13-6-2-1-3-7-13)20(14)12-23(10-15(20)26)19(27)18-22-21-16-8-4-5-9-24(16)18/h1-3,6-7,14-15,17,25-26H,4-5,8-12H2/t14-,15-,17-,20-/m1/s1. The number of aliphatic hydroxyl groups is 2. The minimum absolute atomic E-state index is 0.0129. The number of hydrogen-bond acceptors (Lipinski definition) is 5. The molecule has 1 saturated carbocycles. The lowest BCUT2D eigenvalue weighted by atomic mass is 9.95. The fourth-order valence-corrected chi connectivity index (χ4v) is 5.33. The van der Waals surface area contributed by atoms with Gasteiger partial charge < -0.3 is 19.7 Å². The van der Waals surface area contributed by atoms with Crippen molar-refractivity contribution in [1.82, 2.24) is 19.7 Å². The SMILES string of the molecule is O=C(c1nnc2n1CCCC2)N1C[C@@H](O)[C@@]2(C1)[C@H](CO)[C@H]2c1ccccc1. The molecule has 2 fully saturated rings. The number of aryl methyl sites for hydroxylation is 1. The molecule has 2 N–H and O–H groups in total. The molecule has 0 radical (unpaired) electrons. The lowest BCUT2D eigenvalue weighted by Gasteiger charge is -2.19. The maximum absolute atomic E-state index is 13.1. The van der Waals surface area contributed by atoms with Gasteiger partial charge in [0.2, 0.25) is 5.82 Å². The molecule has 1 aliphatic carbocycles. The van der Waals surface area contributed by atoms with Crippen LogP contribution in [0.3, 0.4) is 0 Å². The molecule has 1 spiro atoms. The fraction of sp³-hybridized carbons (Fsp3) is 0.550. The molecule has 7 heteroatoms. The second kappa shape index (κ2) is 6.14. The molecule has 3 aliphatic rings. The zero-order valence-corrected chi connectivity index (χ0v) is 15.2. The Labute approximate surface area is 157 Å². The Morgan fingerprint density at radius 1 is 1.22 bits per heavy atom. The normalized spacial score (nSPS) is 31.9. The highest BCUT2D eigenvalue weighted by Crippen LogP contribution is 2.68. The number of hydrogen-bond donors (Lipinski definition) is 2. The summed E-state index contributed by atoms with van der Waals surface area (Å²) in [4.78, 5) is 14.8. The Balaban J connectivity index is 1.41. The lowest BCUT2D eigenvalue weighted by molar-refractivity contribution is 0.0745. The maximum atomic E-state index is 13.1. The highest BCUT2D eigenvalue weighted by Gasteiger charge is 2.71. The van der Waals surface area contributed by atoms with Gasteiger partial charge >= 0.3 is 0 Å². The Morgan fingerprint density at radius 2 is 2.04 bits per heavy atom. The van der Waals surface area contributed by atoms with Crippen LogP contribution in [0.4, 0.5) is 0 Å². The average molecular weight is 368 g/mol. The molecular formula is C20H24N4O3. The molecule has 5 rings (SSSR count). The third-order valence-corrected chi connectivity index (χ3v) is 6.73. The summed E-state index contributed by atoms with van der Waals surface area (Å²) in [6.45, 7) is 1.51. The molecule has 1 saturated heterocycles. The van der Waals surface area contributed by atoms with Gasteiger partial charge in [-0.15, -0.1) is 10.2 Å². The molecule has 3 heterocycles. The van der Waals surface area contributed by atoms with E-state index in [1.54, 1.807) is 4.90 Å². The number of benzene rings is 1. The smallest absolute Gasteiger partial charge is 0.291 e. The van der Waals surface area contributed by atoms with E-state index >= 15 is 0 Å². The second-order valence-corrected chi connectivity index (χ2v) is 8.04. The average Bonchev–Trinajstić information content (AvgIpc) is 2.96. The van der Waals surface area contributed by atoms with E-state index in [0.29, 0.717) is 12.4 Å². The molecule has 1 aromatic heterocycles. The number of fused-ring (bicyclic) bond motifs is 1. The molecule has 4 atom stereocenters. The van der Waals surface area contributed by atoms with Crippen molar-refractivity contribution in [3.63, 3.8) is 0 Å². The summed E-state index contributed by atoms with van der Waals surface area (Å²) < 4.78 is 1.92. The quantitative estimate of drug-likeness (QED) is 0.837. The Morgan fingerprint density at radius 3 is 2.81 bits per heavy atom. The van der Waals surface area contributed by atoms with Crippen molar-refractivity contribution < 1.29 is 15.0 Å². The Hall–Kier alpha value is -2.25. The highest BCUT2D eigenvalue weighted by atomic mass is 16.3. The number of carbonyl (C=O) groups excluding carboxylic acids is 1.